The van der Waals surface area contributed by atoms with E-state index in [0.717, 1.165) is 37.8 Å². The molecule has 1 spiro atoms. The van der Waals surface area contributed by atoms with E-state index in [0.29, 0.717) is 10.8 Å². The van der Waals surface area contributed by atoms with E-state index in [2.05, 4.69) is 46.4 Å². The number of ether oxygens (including phenoxy) is 2. The van der Waals surface area contributed by atoms with Crippen LogP contribution in [0.3, 0.4) is 0 Å². The van der Waals surface area contributed by atoms with Crippen molar-refractivity contribution in [2.24, 2.45) is 22.7 Å². The van der Waals surface area contributed by atoms with Crippen LogP contribution in [0, 0.1) is 22.7 Å². The molecule has 2 saturated heterocycles. The van der Waals surface area contributed by atoms with E-state index in [1.807, 2.05) is 0 Å². The SMILES string of the molecule is CCC(C)(C)C1CCC2(CC1)OCC(CN1CCC(C(C)(C)C)CC1)O2. The van der Waals surface area contributed by atoms with Gasteiger partial charge in [0.15, 0.2) is 5.79 Å². The minimum Gasteiger partial charge on any atom is -0.347 e. The lowest BCUT2D eigenvalue weighted by Crippen LogP contribution is -2.43. The summed E-state index contributed by atoms with van der Waals surface area (Å²) in [7, 11) is 0. The van der Waals surface area contributed by atoms with E-state index in [-0.39, 0.29) is 11.9 Å². The summed E-state index contributed by atoms with van der Waals surface area (Å²) in [5, 5.41) is 0. The Morgan fingerprint density at radius 2 is 1.54 bits per heavy atom. The molecule has 152 valence electrons. The molecule has 0 N–H and O–H groups in total. The summed E-state index contributed by atoms with van der Waals surface area (Å²) >= 11 is 0. The second-order valence-electron chi connectivity index (χ2n) is 11.0. The maximum absolute atomic E-state index is 6.52. The highest BCUT2D eigenvalue weighted by Gasteiger charge is 2.46. The van der Waals surface area contributed by atoms with E-state index in [4.69, 9.17) is 9.47 Å². The van der Waals surface area contributed by atoms with Crippen molar-refractivity contribution in [3.63, 3.8) is 0 Å². The smallest absolute Gasteiger partial charge is 0.168 e. The van der Waals surface area contributed by atoms with Crippen molar-refractivity contribution in [3.05, 3.63) is 0 Å². The van der Waals surface area contributed by atoms with Crippen molar-refractivity contribution in [2.45, 2.75) is 98.4 Å². The predicted octanol–water partition coefficient (Wildman–Crippen LogP) is 5.48. The van der Waals surface area contributed by atoms with Gasteiger partial charge in [-0.15, -0.1) is 0 Å². The summed E-state index contributed by atoms with van der Waals surface area (Å²) in [5.74, 6) is 1.43. The average Bonchev–Trinajstić information content (AvgIpc) is 2.97. The Labute approximate surface area is 162 Å². The highest BCUT2D eigenvalue weighted by Crippen LogP contribution is 2.47. The van der Waals surface area contributed by atoms with Crippen molar-refractivity contribution in [2.75, 3.05) is 26.2 Å². The van der Waals surface area contributed by atoms with Crippen LogP contribution in [0.25, 0.3) is 0 Å². The normalized spacial score (nSPS) is 35.3. The average molecular weight is 366 g/mol. The minimum atomic E-state index is -0.255. The third-order valence-corrected chi connectivity index (χ3v) is 7.95. The van der Waals surface area contributed by atoms with Crippen molar-refractivity contribution in [1.29, 1.82) is 0 Å². The Bertz CT molecular complexity index is 451. The lowest BCUT2D eigenvalue weighted by Gasteiger charge is -2.42. The van der Waals surface area contributed by atoms with Gasteiger partial charge in [0.25, 0.3) is 0 Å². The lowest BCUT2D eigenvalue weighted by molar-refractivity contribution is -0.198. The molecule has 0 aromatic heterocycles. The van der Waals surface area contributed by atoms with Crippen LogP contribution in [-0.4, -0.2) is 43.0 Å². The van der Waals surface area contributed by atoms with Crippen molar-refractivity contribution in [1.82, 2.24) is 4.90 Å². The van der Waals surface area contributed by atoms with Crippen molar-refractivity contribution < 1.29 is 9.47 Å². The van der Waals surface area contributed by atoms with E-state index in [9.17, 15) is 0 Å². The van der Waals surface area contributed by atoms with Gasteiger partial charge in [-0.1, -0.05) is 48.0 Å². The Hall–Kier alpha value is -0.120. The topological polar surface area (TPSA) is 21.7 Å². The highest BCUT2D eigenvalue weighted by molar-refractivity contribution is 4.91. The minimum absolute atomic E-state index is 0.255. The Balaban J connectivity index is 1.44. The summed E-state index contributed by atoms with van der Waals surface area (Å²) in [4.78, 5) is 2.61. The molecule has 1 unspecified atom stereocenters. The van der Waals surface area contributed by atoms with Gasteiger partial charge in [0, 0.05) is 19.4 Å². The largest absolute Gasteiger partial charge is 0.347 e. The molecular formula is C23H43NO2. The first-order valence-electron chi connectivity index (χ1n) is 11.2. The van der Waals surface area contributed by atoms with Crippen LogP contribution in [0.2, 0.25) is 0 Å². The van der Waals surface area contributed by atoms with Gasteiger partial charge >= 0.3 is 0 Å². The van der Waals surface area contributed by atoms with Gasteiger partial charge < -0.3 is 14.4 Å². The first kappa shape index (κ1) is 20.6. The van der Waals surface area contributed by atoms with E-state index >= 15 is 0 Å². The number of hydrogen-bond acceptors (Lipinski definition) is 3. The maximum atomic E-state index is 6.52. The zero-order chi connectivity index (χ0) is 19.0. The molecule has 26 heavy (non-hydrogen) atoms. The van der Waals surface area contributed by atoms with Crippen molar-refractivity contribution in [3.8, 4) is 0 Å². The third kappa shape index (κ3) is 4.64. The fraction of sp³-hybridized carbons (Fsp3) is 1.00. The van der Waals surface area contributed by atoms with Gasteiger partial charge in [-0.2, -0.15) is 0 Å². The number of hydrogen-bond donors (Lipinski definition) is 0. The highest BCUT2D eigenvalue weighted by atomic mass is 16.7. The Morgan fingerprint density at radius 3 is 2.08 bits per heavy atom. The Morgan fingerprint density at radius 1 is 0.923 bits per heavy atom. The maximum Gasteiger partial charge on any atom is 0.168 e. The van der Waals surface area contributed by atoms with Gasteiger partial charge in [0.1, 0.15) is 0 Å². The fourth-order valence-corrected chi connectivity index (χ4v) is 5.37. The first-order chi connectivity index (χ1) is 12.1. The number of nitrogens with zero attached hydrogens (tertiary/aromatic N) is 1. The van der Waals surface area contributed by atoms with Gasteiger partial charge in [-0.05, 0) is 61.4 Å². The molecule has 2 aliphatic heterocycles. The first-order valence-corrected chi connectivity index (χ1v) is 11.2. The molecule has 0 radical (unpaired) electrons. The summed E-state index contributed by atoms with van der Waals surface area (Å²) in [5.41, 5.74) is 0.908. The molecule has 1 saturated carbocycles. The zero-order valence-corrected chi connectivity index (χ0v) is 18.3. The monoisotopic (exact) mass is 365 g/mol. The third-order valence-electron chi connectivity index (χ3n) is 7.95. The summed E-state index contributed by atoms with van der Waals surface area (Å²) in [6.45, 7) is 18.6. The standard InChI is InChI=1S/C23H43NO2/c1-7-22(5,6)19-8-12-23(13-9-19)25-17-20(26-23)16-24-14-10-18(11-15-24)21(2,3)4/h18-20H,7-17H2,1-6H3. The van der Waals surface area contributed by atoms with Crippen LogP contribution in [0.5, 0.6) is 0 Å². The molecule has 0 amide bonds. The van der Waals surface area contributed by atoms with Crippen LogP contribution in [0.4, 0.5) is 0 Å². The summed E-state index contributed by atoms with van der Waals surface area (Å²) in [6.07, 6.45) is 8.88. The summed E-state index contributed by atoms with van der Waals surface area (Å²) in [6, 6.07) is 0. The van der Waals surface area contributed by atoms with Crippen molar-refractivity contribution >= 4 is 0 Å². The quantitative estimate of drug-likeness (QED) is 0.658. The second kappa shape index (κ2) is 7.72. The number of likely N-dealkylation sites (tertiary alicyclic amines) is 1. The Kier molecular flexibility index (Phi) is 6.12. The fourth-order valence-electron chi connectivity index (χ4n) is 5.37. The van der Waals surface area contributed by atoms with E-state index in [1.165, 1.54) is 45.2 Å². The van der Waals surface area contributed by atoms with Crippen LogP contribution in [0.15, 0.2) is 0 Å². The van der Waals surface area contributed by atoms with Gasteiger partial charge in [-0.25, -0.2) is 0 Å². The van der Waals surface area contributed by atoms with Crippen LogP contribution >= 0.6 is 0 Å². The van der Waals surface area contributed by atoms with E-state index < -0.39 is 0 Å². The molecule has 1 atom stereocenters. The molecule has 0 aromatic carbocycles. The number of rotatable bonds is 4. The van der Waals surface area contributed by atoms with Gasteiger partial charge in [0.2, 0.25) is 0 Å². The molecule has 0 aromatic rings. The second-order valence-corrected chi connectivity index (χ2v) is 11.0. The molecule has 2 heterocycles. The van der Waals surface area contributed by atoms with Gasteiger partial charge in [0.05, 0.1) is 12.7 Å². The predicted molar refractivity (Wildman–Crippen MR) is 108 cm³/mol. The molecule has 3 heteroatoms. The summed E-state index contributed by atoms with van der Waals surface area (Å²) < 4.78 is 12.8. The molecule has 1 aliphatic carbocycles. The van der Waals surface area contributed by atoms with Crippen LogP contribution in [-0.2, 0) is 9.47 Å². The zero-order valence-electron chi connectivity index (χ0n) is 18.3. The lowest BCUT2D eigenvalue weighted by atomic mass is 9.68. The molecule has 3 rings (SSSR count). The van der Waals surface area contributed by atoms with Crippen LogP contribution in [0.1, 0.15) is 86.5 Å². The molecule has 3 nitrogen and oxygen atoms in total. The molecule has 3 fully saturated rings. The molecule has 0 bridgehead atoms. The van der Waals surface area contributed by atoms with Crippen LogP contribution < -0.4 is 0 Å². The molecular weight excluding hydrogens is 322 g/mol. The van der Waals surface area contributed by atoms with Gasteiger partial charge in [-0.3, -0.25) is 0 Å². The molecule has 3 aliphatic rings. The van der Waals surface area contributed by atoms with E-state index in [1.54, 1.807) is 0 Å². The number of piperidine rings is 1.